The van der Waals surface area contributed by atoms with Crippen LogP contribution in [0, 0.1) is 0 Å². The van der Waals surface area contributed by atoms with E-state index < -0.39 is 0 Å². The van der Waals surface area contributed by atoms with Crippen LogP contribution < -0.4 is 20.3 Å². The lowest BCUT2D eigenvalue weighted by Crippen LogP contribution is -2.60. The lowest BCUT2D eigenvalue weighted by Gasteiger charge is -2.42. The van der Waals surface area contributed by atoms with Crippen molar-refractivity contribution in [2.24, 2.45) is 0 Å². The molecule has 9 rings (SSSR count). The number of anilines is 1. The number of rotatable bonds is 6. The molecule has 0 spiro atoms. The van der Waals surface area contributed by atoms with Crippen molar-refractivity contribution in [3.05, 3.63) is 54.6 Å². The van der Waals surface area contributed by atoms with E-state index in [1.165, 1.54) is 12.8 Å². The maximum atomic E-state index is 13.5. The molecule has 2 bridgehead atoms. The number of ether oxygens (including phenoxy) is 1. The Balaban J connectivity index is 1.06. The van der Waals surface area contributed by atoms with E-state index in [1.807, 2.05) is 24.3 Å². The number of fused-ring (bicyclic) bond motifs is 5. The van der Waals surface area contributed by atoms with E-state index in [0.29, 0.717) is 12.6 Å². The summed E-state index contributed by atoms with van der Waals surface area (Å²) < 4.78 is 6.57. The van der Waals surface area contributed by atoms with Gasteiger partial charge in [-0.25, -0.2) is 4.79 Å². The first kappa shape index (κ1) is 29.9. The Kier molecular flexibility index (Phi) is 7.53. The number of phenolic OH excluding ortho intramolecular Hbond substituents is 1. The fourth-order valence-electron chi connectivity index (χ4n) is 9.39. The molecule has 10 heteroatoms. The second-order valence-corrected chi connectivity index (χ2v) is 14.7. The number of carbonyl (C=O) groups is 1. The summed E-state index contributed by atoms with van der Waals surface area (Å²) in [6, 6.07) is 19.1. The molecule has 5 saturated heterocycles. The second kappa shape index (κ2) is 12.1. The van der Waals surface area contributed by atoms with Crippen LogP contribution in [0.5, 0.6) is 11.8 Å². The molecule has 2 amide bonds. The van der Waals surface area contributed by atoms with Crippen LogP contribution in [0.1, 0.15) is 51.4 Å². The summed E-state index contributed by atoms with van der Waals surface area (Å²) in [7, 11) is 0. The zero-order chi connectivity index (χ0) is 32.2. The Morgan fingerprint density at radius 2 is 1.77 bits per heavy atom. The maximum absolute atomic E-state index is 13.5. The highest BCUT2D eigenvalue weighted by molar-refractivity contribution is 6.01. The van der Waals surface area contributed by atoms with Gasteiger partial charge in [-0.3, -0.25) is 4.90 Å². The number of hydrogen-bond donors (Lipinski definition) is 3. The van der Waals surface area contributed by atoms with Gasteiger partial charge in [0, 0.05) is 31.1 Å². The molecule has 0 aliphatic carbocycles. The monoisotopic (exact) mass is 647 g/mol. The molecule has 3 atom stereocenters. The van der Waals surface area contributed by atoms with Crippen LogP contribution in [-0.4, -0.2) is 100 Å². The van der Waals surface area contributed by atoms with Gasteiger partial charge in [-0.2, -0.15) is 9.97 Å². The zero-order valence-corrected chi connectivity index (χ0v) is 27.5. The number of phenols is 1. The number of hydrogen-bond acceptors (Lipinski definition) is 8. The van der Waals surface area contributed by atoms with Gasteiger partial charge in [0.2, 0.25) is 0 Å². The highest BCUT2D eigenvalue weighted by atomic mass is 16.5. The van der Waals surface area contributed by atoms with Gasteiger partial charge in [0.25, 0.3) is 0 Å². The number of nitrogens with one attached hydrogen (secondary N) is 2. The number of piperazine rings is 1. The van der Waals surface area contributed by atoms with Crippen molar-refractivity contribution in [1.82, 2.24) is 30.4 Å². The lowest BCUT2D eigenvalue weighted by atomic mass is 9.95. The summed E-state index contributed by atoms with van der Waals surface area (Å²) in [5, 5.41) is 20.4. The molecule has 3 N–H and O–H groups in total. The standard InChI is InChI=1S/C38H45N7O3/c46-30-18-25-6-1-2-8-31(25)33(20-30)26-9-12-32-34(19-26)41-36(48-24-38-13-4-16-44(38)17-5-14-38)42-35(32)43-22-28-10-11-29(23-43)45(28)37(47)40-27-7-3-15-39-21-27/h1-2,6,8-9,12,18-20,27-29,39,46H,3-5,7,10-11,13-17,21-24H2,(H,40,47)/t27-,28-,29+/m0/s1. The normalized spacial score (nSPS) is 25.1. The quantitative estimate of drug-likeness (QED) is 0.260. The van der Waals surface area contributed by atoms with E-state index in [-0.39, 0.29) is 35.4 Å². The van der Waals surface area contributed by atoms with Crippen molar-refractivity contribution in [1.29, 1.82) is 0 Å². The van der Waals surface area contributed by atoms with Crippen molar-refractivity contribution >= 4 is 33.5 Å². The Bertz CT molecular complexity index is 1840. The molecule has 4 aromatic rings. The molecule has 0 unspecified atom stereocenters. The summed E-state index contributed by atoms with van der Waals surface area (Å²) in [4.78, 5) is 30.8. The summed E-state index contributed by atoms with van der Waals surface area (Å²) in [6.07, 6.45) is 8.87. The van der Waals surface area contributed by atoms with Crippen molar-refractivity contribution in [3.8, 4) is 22.9 Å². The number of aromatic hydroxyl groups is 1. The fourth-order valence-corrected chi connectivity index (χ4v) is 9.39. The number of urea groups is 1. The van der Waals surface area contributed by atoms with Crippen LogP contribution >= 0.6 is 0 Å². The van der Waals surface area contributed by atoms with E-state index in [9.17, 15) is 9.90 Å². The molecule has 5 aliphatic rings. The third-order valence-electron chi connectivity index (χ3n) is 11.7. The topological polar surface area (TPSA) is 106 Å². The SMILES string of the molecule is O=C(N[C@H]1CCCNC1)N1[C@@H]2CC[C@H]1CN(c1nc(OCC34CCCN3CCC4)nc3cc(-c4cc(O)cc5ccccc45)ccc13)C2. The Labute approximate surface area is 281 Å². The van der Waals surface area contributed by atoms with E-state index in [1.54, 1.807) is 6.07 Å². The number of benzene rings is 3. The third kappa shape index (κ3) is 5.29. The Hall–Kier alpha value is -4.15. The molecule has 5 fully saturated rings. The Morgan fingerprint density at radius 1 is 0.958 bits per heavy atom. The van der Waals surface area contributed by atoms with Gasteiger partial charge in [0.15, 0.2) is 0 Å². The molecule has 250 valence electrons. The van der Waals surface area contributed by atoms with Crippen LogP contribution in [0.25, 0.3) is 32.8 Å². The van der Waals surface area contributed by atoms with Gasteiger partial charge in [0.1, 0.15) is 18.2 Å². The van der Waals surface area contributed by atoms with Crippen molar-refractivity contribution in [3.63, 3.8) is 0 Å². The molecule has 1 aromatic heterocycles. The molecular weight excluding hydrogens is 602 g/mol. The first-order valence-corrected chi connectivity index (χ1v) is 18.0. The van der Waals surface area contributed by atoms with Crippen molar-refractivity contribution in [2.45, 2.75) is 75.0 Å². The number of amides is 2. The second-order valence-electron chi connectivity index (χ2n) is 14.7. The van der Waals surface area contributed by atoms with E-state index in [2.05, 4.69) is 49.6 Å². The summed E-state index contributed by atoms with van der Waals surface area (Å²) in [6.45, 7) is 6.23. The highest BCUT2D eigenvalue weighted by Gasteiger charge is 2.46. The maximum Gasteiger partial charge on any atom is 0.319 e. The molecule has 3 aromatic carbocycles. The first-order chi connectivity index (χ1) is 23.5. The molecule has 6 heterocycles. The summed E-state index contributed by atoms with van der Waals surface area (Å²) in [5.74, 6) is 1.12. The van der Waals surface area contributed by atoms with Crippen molar-refractivity contribution in [2.75, 3.05) is 50.8 Å². The summed E-state index contributed by atoms with van der Waals surface area (Å²) >= 11 is 0. The molecule has 10 nitrogen and oxygen atoms in total. The van der Waals surface area contributed by atoms with Gasteiger partial charge in [0.05, 0.1) is 23.1 Å². The number of carbonyl (C=O) groups excluding carboxylic acids is 1. The van der Waals surface area contributed by atoms with Crippen molar-refractivity contribution < 1.29 is 14.6 Å². The first-order valence-electron chi connectivity index (χ1n) is 18.0. The molecule has 0 radical (unpaired) electrons. The smallest absolute Gasteiger partial charge is 0.319 e. The molecule has 5 aliphatic heterocycles. The van der Waals surface area contributed by atoms with E-state index in [0.717, 1.165) is 116 Å². The number of aromatic nitrogens is 2. The van der Waals surface area contributed by atoms with Gasteiger partial charge in [-0.15, -0.1) is 0 Å². The predicted molar refractivity (Wildman–Crippen MR) is 188 cm³/mol. The molecule has 48 heavy (non-hydrogen) atoms. The van der Waals surface area contributed by atoms with Gasteiger partial charge in [-0.05, 0) is 117 Å². The van der Waals surface area contributed by atoms with Crippen LogP contribution in [0.15, 0.2) is 54.6 Å². The average molecular weight is 648 g/mol. The third-order valence-corrected chi connectivity index (χ3v) is 11.7. The lowest BCUT2D eigenvalue weighted by molar-refractivity contribution is 0.108. The fraction of sp³-hybridized carbons (Fsp3) is 0.500. The number of piperidine rings is 1. The van der Waals surface area contributed by atoms with Crippen LogP contribution in [0.3, 0.4) is 0 Å². The van der Waals surface area contributed by atoms with Gasteiger partial charge >= 0.3 is 12.0 Å². The minimum absolute atomic E-state index is 0.0762. The van der Waals surface area contributed by atoms with Crippen LogP contribution in [-0.2, 0) is 0 Å². The van der Waals surface area contributed by atoms with E-state index >= 15 is 0 Å². The van der Waals surface area contributed by atoms with Crippen LogP contribution in [0.4, 0.5) is 10.6 Å². The van der Waals surface area contributed by atoms with Gasteiger partial charge < -0.3 is 30.3 Å². The minimum Gasteiger partial charge on any atom is -0.508 e. The predicted octanol–water partition coefficient (Wildman–Crippen LogP) is 5.28. The highest BCUT2D eigenvalue weighted by Crippen LogP contribution is 2.41. The largest absolute Gasteiger partial charge is 0.508 e. The molecular formula is C38H45N7O3. The Morgan fingerprint density at radius 3 is 2.56 bits per heavy atom. The van der Waals surface area contributed by atoms with Crippen LogP contribution in [0.2, 0.25) is 0 Å². The summed E-state index contributed by atoms with van der Waals surface area (Å²) in [5.41, 5.74) is 2.87. The molecule has 0 saturated carbocycles. The van der Waals surface area contributed by atoms with E-state index in [4.69, 9.17) is 14.7 Å². The van der Waals surface area contributed by atoms with Gasteiger partial charge in [-0.1, -0.05) is 30.3 Å². The average Bonchev–Trinajstić information content (AvgIpc) is 3.77. The zero-order valence-electron chi connectivity index (χ0n) is 27.5. The minimum atomic E-state index is 0.0762. The number of nitrogens with zero attached hydrogens (tertiary/aromatic N) is 5.